The molecule has 0 radical (unpaired) electrons. The summed E-state index contributed by atoms with van der Waals surface area (Å²) in [6.07, 6.45) is 4.46. The third-order valence-electron chi connectivity index (χ3n) is 9.57. The first-order valence-corrected chi connectivity index (χ1v) is 10.6. The lowest BCUT2D eigenvalue weighted by molar-refractivity contribution is -0.303. The molecule has 5 fully saturated rings. The Bertz CT molecular complexity index is 593. The van der Waals surface area contributed by atoms with E-state index in [1.807, 2.05) is 0 Å². The third kappa shape index (κ3) is 2.04. The molecule has 0 aromatic heterocycles. The first-order chi connectivity index (χ1) is 12.2. The Kier molecular flexibility index (Phi) is 3.73. The van der Waals surface area contributed by atoms with Gasteiger partial charge in [-0.2, -0.15) is 0 Å². The number of halogens is 1. The number of hydrogen-bond acceptors (Lipinski definition) is 4. The lowest BCUT2D eigenvalue weighted by atomic mass is 9.43. The number of rotatable bonds is 0. The summed E-state index contributed by atoms with van der Waals surface area (Å²) in [5, 5.41) is 22.2. The molecule has 1 aliphatic heterocycles. The van der Waals surface area contributed by atoms with E-state index in [2.05, 4.69) is 13.8 Å². The minimum Gasteiger partial charge on any atom is -0.393 e. The summed E-state index contributed by atoms with van der Waals surface area (Å²) >= 11 is 0. The summed E-state index contributed by atoms with van der Waals surface area (Å²) in [6.45, 7) is 5.40. The van der Waals surface area contributed by atoms with Crippen molar-refractivity contribution in [1.29, 1.82) is 0 Å². The summed E-state index contributed by atoms with van der Waals surface area (Å²) in [7, 11) is 0. The molecule has 1 saturated heterocycles. The van der Waals surface area contributed by atoms with Gasteiger partial charge in [0.15, 0.2) is 5.79 Å². The van der Waals surface area contributed by atoms with E-state index >= 15 is 4.39 Å². The number of aliphatic hydroxyl groups excluding tert-OH is 1. The van der Waals surface area contributed by atoms with Gasteiger partial charge in [-0.05, 0) is 61.7 Å². The highest BCUT2D eigenvalue weighted by Crippen LogP contribution is 2.68. The average Bonchev–Trinajstić information content (AvgIpc) is 3.16. The molecule has 5 aliphatic rings. The van der Waals surface area contributed by atoms with Gasteiger partial charge in [0, 0.05) is 18.3 Å². The second-order valence-electron chi connectivity index (χ2n) is 10.3. The van der Waals surface area contributed by atoms with Crippen LogP contribution >= 0.6 is 0 Å². The van der Waals surface area contributed by atoms with E-state index in [-0.39, 0.29) is 23.9 Å². The Labute approximate surface area is 155 Å². The van der Waals surface area contributed by atoms with Crippen molar-refractivity contribution in [2.45, 2.75) is 88.9 Å². The quantitative estimate of drug-likeness (QED) is 0.689. The molecular weight excluding hydrogens is 335 g/mol. The maximum absolute atomic E-state index is 15.6. The molecule has 2 N–H and O–H groups in total. The van der Waals surface area contributed by atoms with Crippen LogP contribution in [0, 0.1) is 28.6 Å². The van der Waals surface area contributed by atoms with E-state index in [1.165, 1.54) is 0 Å². The largest absolute Gasteiger partial charge is 0.393 e. The number of aliphatic hydroxyl groups is 2. The number of alkyl halides is 1. The predicted octanol–water partition coefficient (Wildman–Crippen LogP) is 3.20. The van der Waals surface area contributed by atoms with Crippen LogP contribution in [0.5, 0.6) is 0 Å². The van der Waals surface area contributed by atoms with Crippen LogP contribution in [0.3, 0.4) is 0 Å². The van der Waals surface area contributed by atoms with Crippen molar-refractivity contribution >= 4 is 0 Å². The summed E-state index contributed by atoms with van der Waals surface area (Å²) < 4.78 is 27.3. The van der Waals surface area contributed by atoms with Gasteiger partial charge in [0.25, 0.3) is 0 Å². The molecule has 3 unspecified atom stereocenters. The Hall–Kier alpha value is -0.230. The van der Waals surface area contributed by atoms with Crippen molar-refractivity contribution in [1.82, 2.24) is 0 Å². The molecule has 8 atom stereocenters. The monoisotopic (exact) mass is 368 g/mol. The highest BCUT2D eigenvalue weighted by molar-refractivity contribution is 5.18. The number of ether oxygens (including phenoxy) is 2. The lowest BCUT2D eigenvalue weighted by Gasteiger charge is -2.65. The average molecular weight is 368 g/mol. The zero-order valence-electron chi connectivity index (χ0n) is 16.0. The Morgan fingerprint density at radius 1 is 0.962 bits per heavy atom. The minimum atomic E-state index is -1.37. The fourth-order valence-corrected chi connectivity index (χ4v) is 7.90. The maximum atomic E-state index is 15.6. The molecule has 5 rings (SSSR count). The molecule has 1 spiro atoms. The van der Waals surface area contributed by atoms with Crippen LogP contribution in [0.15, 0.2) is 0 Å². The molecule has 0 aromatic rings. The number of hydrogen-bond donors (Lipinski definition) is 2. The SMILES string of the molecule is C[C@]12CCC3C(C[C@@H](F)[C@@]4(O)CC5(CC[C@]34C)OCCO5)C1CC[C@@H]2O. The van der Waals surface area contributed by atoms with Crippen molar-refractivity contribution < 1.29 is 24.1 Å². The van der Waals surface area contributed by atoms with Crippen LogP contribution in [0.2, 0.25) is 0 Å². The Morgan fingerprint density at radius 3 is 2.42 bits per heavy atom. The van der Waals surface area contributed by atoms with Gasteiger partial charge >= 0.3 is 0 Å². The van der Waals surface area contributed by atoms with Gasteiger partial charge in [0.1, 0.15) is 11.8 Å². The molecule has 26 heavy (non-hydrogen) atoms. The van der Waals surface area contributed by atoms with Gasteiger partial charge < -0.3 is 19.7 Å². The van der Waals surface area contributed by atoms with Crippen molar-refractivity contribution in [2.24, 2.45) is 28.6 Å². The second-order valence-corrected chi connectivity index (χ2v) is 10.3. The highest BCUT2D eigenvalue weighted by atomic mass is 19.1. The summed E-state index contributed by atoms with van der Waals surface area (Å²) in [5.41, 5.74) is -1.88. The zero-order chi connectivity index (χ0) is 18.4. The van der Waals surface area contributed by atoms with Crippen LogP contribution < -0.4 is 0 Å². The molecule has 1 heterocycles. The molecule has 4 nitrogen and oxygen atoms in total. The zero-order valence-corrected chi connectivity index (χ0v) is 16.0. The standard InChI is InChI=1S/C21H33FO4/c1-18-6-5-15-13(14(18)3-4-17(18)23)11-16(22)21(24)12-20(25-9-10-26-20)8-7-19(15,21)2/h13-17,23-24H,3-12H2,1-2H3/t13?,14?,15?,16-,17+,18+,19-,21+/m1/s1. The van der Waals surface area contributed by atoms with Crippen LogP contribution in [0.4, 0.5) is 4.39 Å². The summed E-state index contributed by atoms with van der Waals surface area (Å²) in [6, 6.07) is 0. The van der Waals surface area contributed by atoms with Gasteiger partial charge in [-0.3, -0.25) is 0 Å². The van der Waals surface area contributed by atoms with E-state index in [1.54, 1.807) is 0 Å². The third-order valence-corrected chi connectivity index (χ3v) is 9.57. The van der Waals surface area contributed by atoms with Crippen molar-refractivity contribution in [3.05, 3.63) is 0 Å². The first kappa shape index (κ1) is 17.8. The molecule has 4 aliphatic carbocycles. The fourth-order valence-electron chi connectivity index (χ4n) is 7.90. The second kappa shape index (κ2) is 5.43. The summed E-state index contributed by atoms with van der Waals surface area (Å²) in [5.74, 6) is 0.191. The van der Waals surface area contributed by atoms with Crippen LogP contribution in [0.25, 0.3) is 0 Å². The molecule has 4 saturated carbocycles. The minimum absolute atomic E-state index is 0.0692. The Balaban J connectivity index is 1.50. The van der Waals surface area contributed by atoms with Gasteiger partial charge in [0.05, 0.1) is 19.3 Å². The number of fused-ring (bicyclic) bond motifs is 5. The van der Waals surface area contributed by atoms with Crippen molar-refractivity contribution in [2.75, 3.05) is 13.2 Å². The van der Waals surface area contributed by atoms with Crippen molar-refractivity contribution in [3.63, 3.8) is 0 Å². The van der Waals surface area contributed by atoms with E-state index in [9.17, 15) is 10.2 Å². The van der Waals surface area contributed by atoms with E-state index in [4.69, 9.17) is 9.47 Å². The van der Waals surface area contributed by atoms with Crippen LogP contribution in [0.1, 0.15) is 65.2 Å². The predicted molar refractivity (Wildman–Crippen MR) is 94.1 cm³/mol. The normalized spacial score (nSPS) is 58.3. The van der Waals surface area contributed by atoms with Gasteiger partial charge in [-0.25, -0.2) is 4.39 Å². The van der Waals surface area contributed by atoms with Crippen molar-refractivity contribution in [3.8, 4) is 0 Å². The smallest absolute Gasteiger partial charge is 0.171 e. The van der Waals surface area contributed by atoms with E-state index < -0.39 is 23.0 Å². The molecule has 5 heteroatoms. The van der Waals surface area contributed by atoms with Gasteiger partial charge in [-0.15, -0.1) is 0 Å². The molecule has 0 amide bonds. The summed E-state index contributed by atoms with van der Waals surface area (Å²) in [4.78, 5) is 0. The molecule has 148 valence electrons. The van der Waals surface area contributed by atoms with Gasteiger partial charge in [0.2, 0.25) is 0 Å². The molecular formula is C21H33FO4. The van der Waals surface area contributed by atoms with Crippen LogP contribution in [-0.2, 0) is 9.47 Å². The highest BCUT2D eigenvalue weighted by Gasteiger charge is 2.70. The van der Waals surface area contributed by atoms with E-state index in [0.29, 0.717) is 31.5 Å². The topological polar surface area (TPSA) is 58.9 Å². The van der Waals surface area contributed by atoms with Crippen LogP contribution in [-0.4, -0.2) is 47.1 Å². The first-order valence-electron chi connectivity index (χ1n) is 10.6. The van der Waals surface area contributed by atoms with E-state index in [0.717, 1.165) is 38.5 Å². The molecule has 0 bridgehead atoms. The fraction of sp³-hybridized carbons (Fsp3) is 1.00. The maximum Gasteiger partial charge on any atom is 0.171 e. The Morgan fingerprint density at radius 2 is 1.69 bits per heavy atom. The van der Waals surface area contributed by atoms with Gasteiger partial charge in [-0.1, -0.05) is 13.8 Å². The molecule has 0 aromatic carbocycles. The lowest BCUT2D eigenvalue weighted by Crippen LogP contribution is -2.69.